The molecule has 1 aromatic heterocycles. The molecule has 2 nitrogen and oxygen atoms in total. The highest BCUT2D eigenvalue weighted by atomic mass is 19.4. The topological polar surface area (TPSA) is 32.9 Å². The summed E-state index contributed by atoms with van der Waals surface area (Å²) in [5, 5.41) is 0.0273. The van der Waals surface area contributed by atoms with Gasteiger partial charge in [-0.15, -0.1) is 0 Å². The summed E-state index contributed by atoms with van der Waals surface area (Å²) in [7, 11) is 0. The summed E-state index contributed by atoms with van der Waals surface area (Å²) < 4.78 is 38.9. The van der Waals surface area contributed by atoms with E-state index in [1.165, 1.54) is 12.1 Å². The van der Waals surface area contributed by atoms with Gasteiger partial charge in [-0.1, -0.05) is 26.8 Å². The zero-order valence-corrected chi connectivity index (χ0v) is 10.9. The molecule has 0 amide bonds. The molecule has 2 rings (SSSR count). The van der Waals surface area contributed by atoms with Crippen LogP contribution in [0, 0.1) is 0 Å². The van der Waals surface area contributed by atoms with Gasteiger partial charge in [-0.05, 0) is 23.1 Å². The second-order valence-corrected chi connectivity index (χ2v) is 5.56. The number of hydrogen-bond donors (Lipinski definition) is 1. The van der Waals surface area contributed by atoms with Gasteiger partial charge in [0.1, 0.15) is 0 Å². The van der Waals surface area contributed by atoms with Gasteiger partial charge < -0.3 is 4.98 Å². The van der Waals surface area contributed by atoms with Gasteiger partial charge in [0, 0.05) is 17.0 Å². The van der Waals surface area contributed by atoms with Crippen LogP contribution >= 0.6 is 0 Å². The molecule has 0 atom stereocenters. The SMILES string of the molecule is CC(C)(C)c1ccc2[nH]c(=O)cc(C(F)(F)F)c2c1. The summed E-state index contributed by atoms with van der Waals surface area (Å²) in [6.07, 6.45) is -4.54. The Balaban J connectivity index is 2.84. The number of hydrogen-bond acceptors (Lipinski definition) is 1. The Kier molecular flexibility index (Phi) is 2.96. The Labute approximate surface area is 108 Å². The first kappa shape index (κ1) is 13.6. The number of halogens is 3. The van der Waals surface area contributed by atoms with E-state index in [0.29, 0.717) is 6.07 Å². The smallest absolute Gasteiger partial charge is 0.322 e. The van der Waals surface area contributed by atoms with E-state index < -0.39 is 17.3 Å². The minimum atomic E-state index is -4.54. The van der Waals surface area contributed by atoms with Gasteiger partial charge in [0.2, 0.25) is 5.56 Å². The maximum atomic E-state index is 13.0. The number of H-pyrrole nitrogens is 1. The summed E-state index contributed by atoms with van der Waals surface area (Å²) in [4.78, 5) is 13.7. The summed E-state index contributed by atoms with van der Waals surface area (Å²) >= 11 is 0. The zero-order valence-electron chi connectivity index (χ0n) is 10.9. The number of benzene rings is 1. The predicted octanol–water partition coefficient (Wildman–Crippen LogP) is 3.84. The Morgan fingerprint density at radius 1 is 1.05 bits per heavy atom. The normalized spacial score (nSPS) is 12.9. The predicted molar refractivity (Wildman–Crippen MR) is 68.3 cm³/mol. The molecule has 2 aromatic rings. The maximum Gasteiger partial charge on any atom is 0.417 e. The van der Waals surface area contributed by atoms with Gasteiger partial charge in [-0.25, -0.2) is 0 Å². The van der Waals surface area contributed by atoms with Gasteiger partial charge in [-0.3, -0.25) is 4.79 Å². The molecule has 0 aliphatic rings. The van der Waals surface area contributed by atoms with Gasteiger partial charge in [0.25, 0.3) is 0 Å². The molecule has 0 aliphatic carbocycles. The summed E-state index contributed by atoms with van der Waals surface area (Å²) in [6.45, 7) is 5.77. The molecule has 0 radical (unpaired) electrons. The Bertz CT molecular complexity index is 678. The highest BCUT2D eigenvalue weighted by Gasteiger charge is 2.33. The minimum absolute atomic E-state index is 0.0273. The lowest BCUT2D eigenvalue weighted by molar-refractivity contribution is -0.136. The van der Waals surface area contributed by atoms with Crippen LogP contribution < -0.4 is 5.56 Å². The van der Waals surface area contributed by atoms with Crippen molar-refractivity contribution < 1.29 is 13.2 Å². The molecule has 0 spiro atoms. The van der Waals surface area contributed by atoms with E-state index in [0.717, 1.165) is 5.56 Å². The van der Waals surface area contributed by atoms with Crippen molar-refractivity contribution in [2.75, 3.05) is 0 Å². The molecule has 0 saturated carbocycles. The fraction of sp³-hybridized carbons (Fsp3) is 0.357. The van der Waals surface area contributed by atoms with Crippen molar-refractivity contribution in [2.45, 2.75) is 32.4 Å². The van der Waals surface area contributed by atoms with Crippen LogP contribution in [0.2, 0.25) is 0 Å². The largest absolute Gasteiger partial charge is 0.417 e. The van der Waals surface area contributed by atoms with Crippen molar-refractivity contribution in [3.8, 4) is 0 Å². The number of nitrogens with one attached hydrogen (secondary N) is 1. The van der Waals surface area contributed by atoms with Crippen LogP contribution in [0.25, 0.3) is 10.9 Å². The number of pyridine rings is 1. The molecule has 1 aromatic carbocycles. The first-order chi connectivity index (χ1) is 8.59. The Hall–Kier alpha value is -1.78. The summed E-state index contributed by atoms with van der Waals surface area (Å²) in [6, 6.07) is 5.36. The quantitative estimate of drug-likeness (QED) is 0.774. The Morgan fingerprint density at radius 2 is 1.68 bits per heavy atom. The van der Waals surface area contributed by atoms with E-state index in [1.807, 2.05) is 20.8 Å². The number of rotatable bonds is 0. The zero-order chi connectivity index (χ0) is 14.4. The number of aromatic nitrogens is 1. The number of alkyl halides is 3. The van der Waals surface area contributed by atoms with Crippen LogP contribution in [-0.4, -0.2) is 4.98 Å². The van der Waals surface area contributed by atoms with Crippen molar-refractivity contribution in [3.63, 3.8) is 0 Å². The molecule has 1 N–H and O–H groups in total. The third-order valence-corrected chi connectivity index (χ3v) is 3.01. The van der Waals surface area contributed by atoms with Crippen LogP contribution in [0.15, 0.2) is 29.1 Å². The summed E-state index contributed by atoms with van der Waals surface area (Å²) in [5.41, 5.74) is -0.904. The second kappa shape index (κ2) is 4.11. The highest BCUT2D eigenvalue weighted by molar-refractivity contribution is 5.83. The molecule has 5 heteroatoms. The number of aromatic amines is 1. The molecule has 0 unspecified atom stereocenters. The van der Waals surface area contributed by atoms with Gasteiger partial charge in [0.15, 0.2) is 0 Å². The van der Waals surface area contributed by atoms with E-state index in [9.17, 15) is 18.0 Å². The minimum Gasteiger partial charge on any atom is -0.322 e. The maximum absolute atomic E-state index is 13.0. The molecule has 0 saturated heterocycles. The first-order valence-corrected chi connectivity index (χ1v) is 5.84. The first-order valence-electron chi connectivity index (χ1n) is 5.84. The molecule has 19 heavy (non-hydrogen) atoms. The molecular weight excluding hydrogens is 255 g/mol. The molecule has 0 bridgehead atoms. The van der Waals surface area contributed by atoms with Crippen molar-refractivity contribution in [1.29, 1.82) is 0 Å². The fourth-order valence-corrected chi connectivity index (χ4v) is 1.95. The molecular formula is C14H14F3NO. The van der Waals surface area contributed by atoms with Crippen LogP contribution in [-0.2, 0) is 11.6 Å². The van der Waals surface area contributed by atoms with Crippen molar-refractivity contribution in [2.24, 2.45) is 0 Å². The van der Waals surface area contributed by atoms with Crippen molar-refractivity contribution >= 4 is 10.9 Å². The average Bonchev–Trinajstić information content (AvgIpc) is 2.24. The standard InChI is InChI=1S/C14H14F3NO/c1-13(2,3)8-4-5-11-9(6-8)10(14(15,16)17)7-12(19)18-11/h4-7H,1-3H3,(H,18,19). The third-order valence-electron chi connectivity index (χ3n) is 3.01. The average molecular weight is 269 g/mol. The van der Waals surface area contributed by atoms with Gasteiger partial charge >= 0.3 is 6.18 Å². The molecule has 102 valence electrons. The summed E-state index contributed by atoms with van der Waals surface area (Å²) in [5.74, 6) is 0. The number of fused-ring (bicyclic) bond motifs is 1. The second-order valence-electron chi connectivity index (χ2n) is 5.56. The molecule has 0 fully saturated rings. The van der Waals surface area contributed by atoms with Crippen molar-refractivity contribution in [3.05, 3.63) is 45.7 Å². The Morgan fingerprint density at radius 3 is 2.21 bits per heavy atom. The van der Waals surface area contributed by atoms with Crippen LogP contribution in [0.4, 0.5) is 13.2 Å². The van der Waals surface area contributed by atoms with E-state index in [2.05, 4.69) is 4.98 Å². The highest BCUT2D eigenvalue weighted by Crippen LogP contribution is 2.35. The van der Waals surface area contributed by atoms with E-state index >= 15 is 0 Å². The monoisotopic (exact) mass is 269 g/mol. The van der Waals surface area contributed by atoms with E-state index in [-0.39, 0.29) is 16.3 Å². The van der Waals surface area contributed by atoms with Crippen molar-refractivity contribution in [1.82, 2.24) is 4.98 Å². The lowest BCUT2D eigenvalue weighted by Crippen LogP contribution is -2.16. The van der Waals surface area contributed by atoms with Crippen LogP contribution in [0.3, 0.4) is 0 Å². The van der Waals surface area contributed by atoms with Gasteiger partial charge in [-0.2, -0.15) is 13.2 Å². The molecule has 1 heterocycles. The molecule has 0 aliphatic heterocycles. The third kappa shape index (κ3) is 2.64. The van der Waals surface area contributed by atoms with E-state index in [1.54, 1.807) is 6.07 Å². The van der Waals surface area contributed by atoms with E-state index in [4.69, 9.17) is 0 Å². The van der Waals surface area contributed by atoms with Crippen LogP contribution in [0.1, 0.15) is 31.9 Å². The lowest BCUT2D eigenvalue weighted by atomic mass is 9.86. The fourth-order valence-electron chi connectivity index (χ4n) is 1.95. The lowest BCUT2D eigenvalue weighted by Gasteiger charge is -2.20. The van der Waals surface area contributed by atoms with Crippen LogP contribution in [0.5, 0.6) is 0 Å². The van der Waals surface area contributed by atoms with Gasteiger partial charge in [0.05, 0.1) is 5.56 Å².